The van der Waals surface area contributed by atoms with Gasteiger partial charge in [0, 0.05) is 5.57 Å². The molecule has 0 spiro atoms. The standard InChI is InChI=1S/C34H45FO6/c1-5-6-7-8-9-10-11-13-26-15-16-28(21-30(26)35)27-17-18-31(39-22-34(4)23-40-33(37)41-24-34)29(20-27)14-12-19-38-32(36)25(2)3/h15-18,20-21H,2,5-14,19,22-24H2,1,3-4H3. The fourth-order valence-corrected chi connectivity index (χ4v) is 4.73. The zero-order chi connectivity index (χ0) is 29.7. The molecule has 3 rings (SSSR count). The van der Waals surface area contributed by atoms with Crippen molar-refractivity contribution in [1.29, 1.82) is 0 Å². The van der Waals surface area contributed by atoms with Crippen molar-refractivity contribution in [3.05, 3.63) is 65.5 Å². The van der Waals surface area contributed by atoms with E-state index in [1.165, 1.54) is 32.1 Å². The van der Waals surface area contributed by atoms with Crippen molar-refractivity contribution in [3.8, 4) is 16.9 Å². The Balaban J connectivity index is 1.67. The number of unbranched alkanes of at least 4 members (excludes halogenated alkanes) is 6. The summed E-state index contributed by atoms with van der Waals surface area (Å²) in [5.74, 6) is 0.0815. The van der Waals surface area contributed by atoms with E-state index in [0.29, 0.717) is 30.8 Å². The maximum atomic E-state index is 15.0. The zero-order valence-corrected chi connectivity index (χ0v) is 24.9. The van der Waals surface area contributed by atoms with E-state index >= 15 is 4.39 Å². The number of esters is 1. The fraction of sp³-hybridized carbons (Fsp3) is 0.529. The Morgan fingerprint density at radius 3 is 2.24 bits per heavy atom. The second kappa shape index (κ2) is 16.2. The molecule has 1 heterocycles. The molecule has 7 heteroatoms. The van der Waals surface area contributed by atoms with Crippen LogP contribution in [0.3, 0.4) is 0 Å². The summed E-state index contributed by atoms with van der Waals surface area (Å²) in [6.07, 6.45) is 9.67. The Morgan fingerprint density at radius 1 is 0.927 bits per heavy atom. The number of carbonyl (C=O) groups excluding carboxylic acids is 2. The summed E-state index contributed by atoms with van der Waals surface area (Å²) in [7, 11) is 0. The molecule has 0 N–H and O–H groups in total. The summed E-state index contributed by atoms with van der Waals surface area (Å²) in [5.41, 5.74) is 3.23. The van der Waals surface area contributed by atoms with E-state index < -0.39 is 17.5 Å². The molecule has 0 unspecified atom stereocenters. The third-order valence-corrected chi connectivity index (χ3v) is 7.32. The van der Waals surface area contributed by atoms with E-state index in [9.17, 15) is 9.59 Å². The number of benzene rings is 2. The summed E-state index contributed by atoms with van der Waals surface area (Å²) in [4.78, 5) is 23.1. The number of ether oxygens (including phenoxy) is 4. The topological polar surface area (TPSA) is 71.1 Å². The molecule has 2 aromatic carbocycles. The molecule has 6 nitrogen and oxygen atoms in total. The summed E-state index contributed by atoms with van der Waals surface area (Å²) < 4.78 is 36.6. The van der Waals surface area contributed by atoms with Gasteiger partial charge in [0.2, 0.25) is 0 Å². The summed E-state index contributed by atoms with van der Waals surface area (Å²) in [5, 5.41) is 0. The number of halogens is 1. The second-order valence-electron chi connectivity index (χ2n) is 11.4. The lowest BCUT2D eigenvalue weighted by molar-refractivity contribution is -0.139. The van der Waals surface area contributed by atoms with Crippen LogP contribution in [0, 0.1) is 11.2 Å². The van der Waals surface area contributed by atoms with Crippen LogP contribution in [-0.4, -0.2) is 38.6 Å². The van der Waals surface area contributed by atoms with E-state index in [1.54, 1.807) is 13.0 Å². The van der Waals surface area contributed by atoms with Gasteiger partial charge in [-0.1, -0.05) is 70.2 Å². The maximum absolute atomic E-state index is 15.0. The van der Waals surface area contributed by atoms with Gasteiger partial charge in [-0.3, -0.25) is 0 Å². The van der Waals surface area contributed by atoms with Gasteiger partial charge in [-0.05, 0) is 80.0 Å². The monoisotopic (exact) mass is 568 g/mol. The minimum atomic E-state index is -0.669. The third kappa shape index (κ3) is 10.5. The molecule has 1 fully saturated rings. The first-order chi connectivity index (χ1) is 19.7. The fourth-order valence-electron chi connectivity index (χ4n) is 4.73. The van der Waals surface area contributed by atoms with E-state index in [-0.39, 0.29) is 25.6 Å². The molecule has 0 aromatic heterocycles. The number of carbonyl (C=O) groups is 2. The molecule has 41 heavy (non-hydrogen) atoms. The van der Waals surface area contributed by atoms with Gasteiger partial charge in [0.15, 0.2) is 0 Å². The SMILES string of the molecule is C=C(C)C(=O)OCCCc1cc(-c2ccc(CCCCCCCCC)c(F)c2)ccc1OCC1(C)COC(=O)OC1. The van der Waals surface area contributed by atoms with Crippen LogP contribution in [-0.2, 0) is 31.8 Å². The lowest BCUT2D eigenvalue weighted by atomic mass is 9.93. The molecule has 0 saturated carbocycles. The van der Waals surface area contributed by atoms with Crippen LogP contribution >= 0.6 is 0 Å². The van der Waals surface area contributed by atoms with E-state index in [1.807, 2.05) is 37.3 Å². The van der Waals surface area contributed by atoms with Crippen molar-refractivity contribution in [2.24, 2.45) is 5.41 Å². The molecule has 0 atom stereocenters. The van der Waals surface area contributed by atoms with Gasteiger partial charge in [0.25, 0.3) is 0 Å². The molecule has 0 aliphatic carbocycles. The van der Waals surface area contributed by atoms with Crippen LogP contribution in [0.4, 0.5) is 9.18 Å². The second-order valence-corrected chi connectivity index (χ2v) is 11.4. The number of hydrogen-bond donors (Lipinski definition) is 0. The Kier molecular flexibility index (Phi) is 12.7. The predicted molar refractivity (Wildman–Crippen MR) is 159 cm³/mol. The van der Waals surface area contributed by atoms with Crippen LogP contribution < -0.4 is 4.74 Å². The first-order valence-electron chi connectivity index (χ1n) is 14.9. The quantitative estimate of drug-likeness (QED) is 0.108. The van der Waals surface area contributed by atoms with E-state index in [4.69, 9.17) is 18.9 Å². The first kappa shape index (κ1) is 32.2. The first-order valence-corrected chi connectivity index (χ1v) is 14.9. The van der Waals surface area contributed by atoms with Gasteiger partial charge >= 0.3 is 12.1 Å². The molecule has 224 valence electrons. The molecular formula is C34H45FO6. The number of rotatable bonds is 17. The van der Waals surface area contributed by atoms with E-state index in [2.05, 4.69) is 13.5 Å². The molecule has 0 amide bonds. The Hall–Kier alpha value is -3.35. The Labute approximate surface area is 244 Å². The van der Waals surface area contributed by atoms with Crippen LogP contribution in [0.15, 0.2) is 48.6 Å². The van der Waals surface area contributed by atoms with E-state index in [0.717, 1.165) is 41.5 Å². The van der Waals surface area contributed by atoms with Crippen molar-refractivity contribution in [3.63, 3.8) is 0 Å². The van der Waals surface area contributed by atoms with Crippen LogP contribution in [0.2, 0.25) is 0 Å². The summed E-state index contributed by atoms with van der Waals surface area (Å²) in [6.45, 7) is 10.3. The average Bonchev–Trinajstić information content (AvgIpc) is 2.96. The van der Waals surface area contributed by atoms with Gasteiger partial charge in [0.05, 0.1) is 12.0 Å². The number of cyclic esters (lactones) is 2. The van der Waals surface area contributed by atoms with Gasteiger partial charge < -0.3 is 18.9 Å². The van der Waals surface area contributed by atoms with Crippen molar-refractivity contribution < 1.29 is 32.9 Å². The highest BCUT2D eigenvalue weighted by Gasteiger charge is 2.34. The molecule has 0 radical (unpaired) electrons. The molecule has 1 saturated heterocycles. The van der Waals surface area contributed by atoms with Crippen LogP contribution in [0.5, 0.6) is 5.75 Å². The summed E-state index contributed by atoms with van der Waals surface area (Å²) >= 11 is 0. The van der Waals surface area contributed by atoms with Crippen molar-refractivity contribution in [1.82, 2.24) is 0 Å². The average molecular weight is 569 g/mol. The minimum Gasteiger partial charge on any atom is -0.492 e. The highest BCUT2D eigenvalue weighted by molar-refractivity contribution is 5.86. The van der Waals surface area contributed by atoms with Gasteiger partial charge in [-0.15, -0.1) is 0 Å². The minimum absolute atomic E-state index is 0.179. The normalized spacial score (nSPS) is 14.2. The van der Waals surface area contributed by atoms with Crippen molar-refractivity contribution in [2.45, 2.75) is 85.0 Å². The predicted octanol–water partition coefficient (Wildman–Crippen LogP) is 8.39. The summed E-state index contributed by atoms with van der Waals surface area (Å²) in [6, 6.07) is 11.3. The lowest BCUT2D eigenvalue weighted by Gasteiger charge is -2.32. The molecule has 0 bridgehead atoms. The van der Waals surface area contributed by atoms with Gasteiger partial charge in [0.1, 0.15) is 31.4 Å². The van der Waals surface area contributed by atoms with Crippen molar-refractivity contribution >= 4 is 12.1 Å². The van der Waals surface area contributed by atoms with Gasteiger partial charge in [-0.25, -0.2) is 14.0 Å². The highest BCUT2D eigenvalue weighted by Crippen LogP contribution is 2.31. The van der Waals surface area contributed by atoms with Crippen LogP contribution in [0.25, 0.3) is 11.1 Å². The molecular weight excluding hydrogens is 523 g/mol. The Bertz CT molecular complexity index is 1160. The molecule has 1 aliphatic rings. The van der Waals surface area contributed by atoms with Crippen LogP contribution in [0.1, 0.15) is 83.3 Å². The Morgan fingerprint density at radius 2 is 1.56 bits per heavy atom. The zero-order valence-electron chi connectivity index (χ0n) is 24.9. The number of hydrogen-bond acceptors (Lipinski definition) is 6. The number of aryl methyl sites for hydroxylation is 2. The van der Waals surface area contributed by atoms with Gasteiger partial charge in [-0.2, -0.15) is 0 Å². The molecule has 2 aromatic rings. The third-order valence-electron chi connectivity index (χ3n) is 7.32. The van der Waals surface area contributed by atoms with Crippen molar-refractivity contribution in [2.75, 3.05) is 26.4 Å². The lowest BCUT2D eigenvalue weighted by Crippen LogP contribution is -2.41. The smallest absolute Gasteiger partial charge is 0.492 e. The largest absolute Gasteiger partial charge is 0.508 e. The molecule has 1 aliphatic heterocycles. The highest BCUT2D eigenvalue weighted by atomic mass is 19.1. The maximum Gasteiger partial charge on any atom is 0.508 e.